The molecule has 0 spiro atoms. The number of carbonyl (C=O) groups excluding carboxylic acids is 3. The highest BCUT2D eigenvalue weighted by molar-refractivity contribution is 6.14. The Hall–Kier alpha value is -6.23. The molecule has 3 amide bonds. The topological polar surface area (TPSA) is 120 Å². The van der Waals surface area contributed by atoms with Crippen molar-refractivity contribution in [1.82, 2.24) is 4.90 Å². The molecule has 0 fully saturated rings. The van der Waals surface area contributed by atoms with Gasteiger partial charge in [0.1, 0.15) is 11.5 Å². The van der Waals surface area contributed by atoms with Crippen molar-refractivity contribution in [2.45, 2.75) is 44.5 Å². The van der Waals surface area contributed by atoms with Gasteiger partial charge in [-0.3, -0.25) is 19.3 Å². The maximum atomic E-state index is 14.5. The molecule has 3 atom stereocenters. The number of fused-ring (bicyclic) bond motifs is 4. The lowest BCUT2D eigenvalue weighted by atomic mass is 9.82. The molecule has 3 heterocycles. The summed E-state index contributed by atoms with van der Waals surface area (Å²) < 4.78 is 11.7. The van der Waals surface area contributed by atoms with Gasteiger partial charge < -0.3 is 29.5 Å². The van der Waals surface area contributed by atoms with Crippen LogP contribution in [0.4, 0.5) is 17.1 Å². The van der Waals surface area contributed by atoms with Gasteiger partial charge in [-0.2, -0.15) is 0 Å². The Morgan fingerprint density at radius 1 is 0.909 bits per heavy atom. The van der Waals surface area contributed by atoms with Crippen molar-refractivity contribution >= 4 is 34.8 Å². The van der Waals surface area contributed by atoms with Gasteiger partial charge in [-0.15, -0.1) is 0 Å². The fourth-order valence-electron chi connectivity index (χ4n) is 7.92. The highest BCUT2D eigenvalue weighted by atomic mass is 16.5. The van der Waals surface area contributed by atoms with Crippen LogP contribution in [0.3, 0.4) is 0 Å². The van der Waals surface area contributed by atoms with E-state index in [2.05, 4.69) is 0 Å². The lowest BCUT2D eigenvalue weighted by molar-refractivity contribution is -0.139. The number of nitrogens with zero attached hydrogens (tertiary/aromatic N) is 3. The lowest BCUT2D eigenvalue weighted by Crippen LogP contribution is -2.46. The SMILES string of the molecule is COc1ccc2c(c1)[C@](O)([C@@H](C)/C=C/CC(=O)N1Cc3ccccc3C[C@H]1CO)C(=O)N2Cc1cccc(N2C(=O)c3ccccc3Oc3ccccc32)c1. The number of hydrogen-bond acceptors (Lipinski definition) is 7. The smallest absolute Gasteiger partial charge is 0.266 e. The number of hydrogen-bond donors (Lipinski definition) is 2. The van der Waals surface area contributed by atoms with Crippen molar-refractivity contribution in [1.29, 1.82) is 0 Å². The van der Waals surface area contributed by atoms with Crippen molar-refractivity contribution in [2.24, 2.45) is 5.92 Å². The quantitative estimate of drug-likeness (QED) is 0.156. The molecule has 278 valence electrons. The molecule has 0 saturated carbocycles. The van der Waals surface area contributed by atoms with Gasteiger partial charge >= 0.3 is 0 Å². The zero-order valence-corrected chi connectivity index (χ0v) is 30.6. The Bertz CT molecular complexity index is 2340. The van der Waals surface area contributed by atoms with E-state index in [1.54, 1.807) is 70.2 Å². The molecule has 5 aromatic carbocycles. The monoisotopic (exact) mass is 735 g/mol. The third-order valence-electron chi connectivity index (χ3n) is 10.9. The van der Waals surface area contributed by atoms with E-state index in [0.717, 1.165) is 16.7 Å². The van der Waals surface area contributed by atoms with Crippen molar-refractivity contribution in [3.63, 3.8) is 0 Å². The molecule has 8 rings (SSSR count). The van der Waals surface area contributed by atoms with Gasteiger partial charge in [-0.25, -0.2) is 0 Å². The van der Waals surface area contributed by atoms with Gasteiger partial charge in [0.15, 0.2) is 11.4 Å². The summed E-state index contributed by atoms with van der Waals surface area (Å²) in [7, 11) is 1.53. The molecule has 3 aliphatic rings. The van der Waals surface area contributed by atoms with Crippen LogP contribution < -0.4 is 19.3 Å². The molecular weight excluding hydrogens is 695 g/mol. The molecular formula is C45H41N3O7. The van der Waals surface area contributed by atoms with Crippen molar-refractivity contribution in [3.05, 3.63) is 155 Å². The summed E-state index contributed by atoms with van der Waals surface area (Å²) in [6, 6.07) is 34.7. The summed E-state index contributed by atoms with van der Waals surface area (Å²) in [6.07, 6.45) is 4.02. The summed E-state index contributed by atoms with van der Waals surface area (Å²) in [5, 5.41) is 22.5. The molecule has 0 aromatic heterocycles. The maximum Gasteiger partial charge on any atom is 0.266 e. The average molecular weight is 736 g/mol. The van der Waals surface area contributed by atoms with E-state index < -0.39 is 17.4 Å². The number of carbonyl (C=O) groups is 3. The molecule has 3 aliphatic heterocycles. The summed E-state index contributed by atoms with van der Waals surface area (Å²) in [4.78, 5) is 46.9. The van der Waals surface area contributed by atoms with Crippen LogP contribution in [0.1, 0.15) is 46.0 Å². The van der Waals surface area contributed by atoms with Crippen LogP contribution in [0, 0.1) is 5.92 Å². The number of rotatable bonds is 9. The summed E-state index contributed by atoms with van der Waals surface area (Å²) in [5.41, 5.74) is 3.49. The first-order valence-corrected chi connectivity index (χ1v) is 18.4. The Kier molecular flexibility index (Phi) is 9.46. The Balaban J connectivity index is 1.06. The molecule has 0 saturated heterocycles. The number of amides is 3. The number of para-hydroxylation sites is 3. The Morgan fingerprint density at radius 3 is 2.45 bits per heavy atom. The first kappa shape index (κ1) is 35.8. The van der Waals surface area contributed by atoms with Crippen LogP contribution in [-0.2, 0) is 34.7 Å². The van der Waals surface area contributed by atoms with Crippen LogP contribution in [0.5, 0.6) is 17.2 Å². The Morgan fingerprint density at radius 2 is 1.65 bits per heavy atom. The first-order chi connectivity index (χ1) is 26.7. The number of methoxy groups -OCH3 is 1. The number of aliphatic hydroxyl groups is 2. The fraction of sp³-hybridized carbons (Fsp3) is 0.222. The van der Waals surface area contributed by atoms with Crippen molar-refractivity contribution in [2.75, 3.05) is 23.5 Å². The van der Waals surface area contributed by atoms with Gasteiger partial charge in [-0.05, 0) is 77.7 Å². The average Bonchev–Trinajstić information content (AvgIpc) is 3.33. The van der Waals surface area contributed by atoms with Gasteiger partial charge in [0.05, 0.1) is 43.2 Å². The van der Waals surface area contributed by atoms with Crippen LogP contribution in [-0.4, -0.2) is 52.6 Å². The zero-order valence-electron chi connectivity index (χ0n) is 30.6. The number of benzene rings is 5. The van der Waals surface area contributed by atoms with E-state index >= 15 is 0 Å². The third kappa shape index (κ3) is 6.33. The third-order valence-corrected chi connectivity index (χ3v) is 10.9. The molecule has 10 nitrogen and oxygen atoms in total. The fourth-order valence-corrected chi connectivity index (χ4v) is 7.92. The van der Waals surface area contributed by atoms with E-state index in [1.165, 1.54) is 7.11 Å². The lowest BCUT2D eigenvalue weighted by Gasteiger charge is -2.36. The molecule has 55 heavy (non-hydrogen) atoms. The second-order valence-corrected chi connectivity index (χ2v) is 14.2. The van der Waals surface area contributed by atoms with Gasteiger partial charge in [-0.1, -0.05) is 79.7 Å². The standard InChI is InChI=1S/C45H41N3O7/c1-29(11-9-20-42(50)46-27-32-14-4-3-13-31(32)24-34(46)28-49)45(53)37-25-35(54-2)21-22-38(37)47(44(45)52)26-30-12-10-15-33(23-30)48-39-17-6-8-19-41(39)55-40-18-7-5-16-36(40)43(48)51/h3-19,21-23,25,29,34,49,53H,20,24,26-28H2,1-2H3/b11-9+/t29-,34-,45+/m0/s1. The van der Waals surface area contributed by atoms with Crippen LogP contribution >= 0.6 is 0 Å². The van der Waals surface area contributed by atoms with Crippen molar-refractivity contribution in [3.8, 4) is 17.2 Å². The highest BCUT2D eigenvalue weighted by Crippen LogP contribution is 2.48. The summed E-state index contributed by atoms with van der Waals surface area (Å²) in [5.74, 6) is -0.155. The number of aliphatic hydroxyl groups excluding tert-OH is 1. The van der Waals surface area contributed by atoms with E-state index in [1.807, 2.05) is 78.9 Å². The molecule has 0 radical (unpaired) electrons. The summed E-state index contributed by atoms with van der Waals surface area (Å²) >= 11 is 0. The second kappa shape index (κ2) is 14.5. The second-order valence-electron chi connectivity index (χ2n) is 14.2. The van der Waals surface area contributed by atoms with Gasteiger partial charge in [0, 0.05) is 30.1 Å². The molecule has 0 unspecified atom stereocenters. The van der Waals surface area contributed by atoms with Crippen LogP contribution in [0.25, 0.3) is 0 Å². The van der Waals surface area contributed by atoms with E-state index in [-0.39, 0.29) is 37.4 Å². The van der Waals surface area contributed by atoms with Gasteiger partial charge in [0.25, 0.3) is 11.8 Å². The van der Waals surface area contributed by atoms with E-state index in [0.29, 0.717) is 58.4 Å². The number of anilines is 3. The zero-order chi connectivity index (χ0) is 38.3. The number of ether oxygens (including phenoxy) is 2. The minimum absolute atomic E-state index is 0.0443. The van der Waals surface area contributed by atoms with Gasteiger partial charge in [0.2, 0.25) is 5.91 Å². The summed E-state index contributed by atoms with van der Waals surface area (Å²) in [6.45, 7) is 2.13. The molecule has 2 N–H and O–H groups in total. The highest BCUT2D eigenvalue weighted by Gasteiger charge is 2.52. The largest absolute Gasteiger partial charge is 0.497 e. The normalized spacial score (nSPS) is 19.3. The van der Waals surface area contributed by atoms with Crippen LogP contribution in [0.15, 0.2) is 127 Å². The minimum atomic E-state index is -1.96. The van der Waals surface area contributed by atoms with E-state index in [9.17, 15) is 24.6 Å². The first-order valence-electron chi connectivity index (χ1n) is 18.4. The molecule has 5 aromatic rings. The Labute approximate surface area is 319 Å². The molecule has 0 aliphatic carbocycles. The minimum Gasteiger partial charge on any atom is -0.497 e. The predicted octanol–water partition coefficient (Wildman–Crippen LogP) is 7.04. The van der Waals surface area contributed by atoms with Crippen molar-refractivity contribution < 1.29 is 34.1 Å². The predicted molar refractivity (Wildman–Crippen MR) is 208 cm³/mol. The van der Waals surface area contributed by atoms with Crippen LogP contribution in [0.2, 0.25) is 0 Å². The van der Waals surface area contributed by atoms with E-state index in [4.69, 9.17) is 9.47 Å². The molecule has 10 heteroatoms. The molecule has 0 bridgehead atoms. The maximum absolute atomic E-state index is 14.5.